The molecule has 0 unspecified atom stereocenters. The second-order valence-electron chi connectivity index (χ2n) is 7.87. The van der Waals surface area contributed by atoms with Crippen molar-refractivity contribution >= 4 is 11.8 Å². The van der Waals surface area contributed by atoms with E-state index in [1.165, 1.54) is 12.8 Å². The maximum absolute atomic E-state index is 12.8. The van der Waals surface area contributed by atoms with Gasteiger partial charge in [0.1, 0.15) is 12.4 Å². The maximum atomic E-state index is 12.8. The Hall–Kier alpha value is -2.04. The van der Waals surface area contributed by atoms with Crippen LogP contribution in [0.1, 0.15) is 56.1 Å². The largest absolute Gasteiger partial charge is 0.491 e. The van der Waals surface area contributed by atoms with Crippen LogP contribution in [0.4, 0.5) is 0 Å². The van der Waals surface area contributed by atoms with Gasteiger partial charge < -0.3 is 15.0 Å². The Morgan fingerprint density at radius 2 is 1.96 bits per heavy atom. The van der Waals surface area contributed by atoms with Crippen LogP contribution >= 0.6 is 0 Å². The molecule has 1 heterocycles. The first-order valence-electron chi connectivity index (χ1n) is 10.0. The van der Waals surface area contributed by atoms with Gasteiger partial charge in [-0.25, -0.2) is 0 Å². The van der Waals surface area contributed by atoms with Crippen molar-refractivity contribution in [3.8, 4) is 5.75 Å². The molecule has 5 nitrogen and oxygen atoms in total. The topological polar surface area (TPSA) is 58.6 Å². The lowest BCUT2D eigenvalue weighted by molar-refractivity contribution is -0.136. The molecule has 0 aromatic heterocycles. The molecule has 0 radical (unpaired) electrons. The first-order valence-corrected chi connectivity index (χ1v) is 10.0. The molecular weight excluding hydrogens is 328 g/mol. The van der Waals surface area contributed by atoms with Gasteiger partial charge in [0.2, 0.25) is 11.8 Å². The molecule has 0 spiro atoms. The molecule has 2 fully saturated rings. The highest BCUT2D eigenvalue weighted by atomic mass is 16.5. The predicted molar refractivity (Wildman–Crippen MR) is 98.8 cm³/mol. The molecule has 140 valence electrons. The standard InChI is InChI=1S/C21H28N2O3/c24-20(22-18-7-8-18)10-6-15-5-9-19-17(13-15)14-23(11-12-26-19)21(25)16-3-1-2-4-16/h5,9,13,16,18H,1-4,6-8,10-12,14H2,(H,22,24). The van der Waals surface area contributed by atoms with Gasteiger partial charge in [-0.3, -0.25) is 9.59 Å². The second kappa shape index (κ2) is 7.68. The Bertz CT molecular complexity index is 678. The third kappa shape index (κ3) is 4.19. The molecule has 26 heavy (non-hydrogen) atoms. The van der Waals surface area contributed by atoms with Crippen molar-refractivity contribution in [2.24, 2.45) is 5.92 Å². The summed E-state index contributed by atoms with van der Waals surface area (Å²) >= 11 is 0. The summed E-state index contributed by atoms with van der Waals surface area (Å²) in [7, 11) is 0. The minimum Gasteiger partial charge on any atom is -0.491 e. The van der Waals surface area contributed by atoms with Crippen LogP contribution in [0.2, 0.25) is 0 Å². The smallest absolute Gasteiger partial charge is 0.226 e. The van der Waals surface area contributed by atoms with Gasteiger partial charge in [-0.15, -0.1) is 0 Å². The number of aryl methyl sites for hydroxylation is 1. The lowest BCUT2D eigenvalue weighted by Crippen LogP contribution is -2.36. The highest BCUT2D eigenvalue weighted by Crippen LogP contribution is 2.30. The van der Waals surface area contributed by atoms with Crippen LogP contribution in [0.3, 0.4) is 0 Å². The van der Waals surface area contributed by atoms with Crippen molar-refractivity contribution in [1.29, 1.82) is 0 Å². The van der Waals surface area contributed by atoms with E-state index in [-0.39, 0.29) is 17.7 Å². The van der Waals surface area contributed by atoms with Crippen molar-refractivity contribution in [1.82, 2.24) is 10.2 Å². The van der Waals surface area contributed by atoms with E-state index >= 15 is 0 Å². The molecular formula is C21H28N2O3. The summed E-state index contributed by atoms with van der Waals surface area (Å²) in [5.41, 5.74) is 2.20. The van der Waals surface area contributed by atoms with Crippen molar-refractivity contribution in [2.75, 3.05) is 13.2 Å². The number of nitrogens with zero attached hydrogens (tertiary/aromatic N) is 1. The van der Waals surface area contributed by atoms with E-state index in [9.17, 15) is 9.59 Å². The molecule has 3 aliphatic rings. The van der Waals surface area contributed by atoms with E-state index < -0.39 is 0 Å². The fourth-order valence-corrected chi connectivity index (χ4v) is 4.01. The van der Waals surface area contributed by atoms with E-state index in [4.69, 9.17) is 4.74 Å². The van der Waals surface area contributed by atoms with Gasteiger partial charge >= 0.3 is 0 Å². The Morgan fingerprint density at radius 1 is 1.15 bits per heavy atom. The molecule has 1 aromatic rings. The summed E-state index contributed by atoms with van der Waals surface area (Å²) in [4.78, 5) is 26.7. The molecule has 0 bridgehead atoms. The Balaban J connectivity index is 1.40. The van der Waals surface area contributed by atoms with Gasteiger partial charge in [-0.1, -0.05) is 25.0 Å². The van der Waals surface area contributed by atoms with Crippen molar-refractivity contribution < 1.29 is 14.3 Å². The van der Waals surface area contributed by atoms with Gasteiger partial charge in [-0.2, -0.15) is 0 Å². The van der Waals surface area contributed by atoms with Gasteiger partial charge in [0, 0.05) is 30.5 Å². The van der Waals surface area contributed by atoms with Crippen LogP contribution in [0.25, 0.3) is 0 Å². The van der Waals surface area contributed by atoms with Crippen LogP contribution in [-0.4, -0.2) is 35.9 Å². The Labute approximate surface area is 155 Å². The number of benzene rings is 1. The zero-order chi connectivity index (χ0) is 17.9. The molecule has 4 rings (SSSR count). The SMILES string of the molecule is O=C(CCc1ccc2c(c1)CN(C(=O)C1CCCC1)CCO2)NC1CC1. The first-order chi connectivity index (χ1) is 12.7. The zero-order valence-electron chi connectivity index (χ0n) is 15.3. The number of carbonyl (C=O) groups is 2. The minimum atomic E-state index is 0.136. The normalized spacial score (nSPS) is 20.2. The molecule has 1 aromatic carbocycles. The molecule has 1 N–H and O–H groups in total. The van der Waals surface area contributed by atoms with E-state index in [2.05, 4.69) is 11.4 Å². The fourth-order valence-electron chi connectivity index (χ4n) is 4.01. The molecule has 2 aliphatic carbocycles. The summed E-state index contributed by atoms with van der Waals surface area (Å²) in [6.45, 7) is 1.82. The number of rotatable bonds is 5. The second-order valence-corrected chi connectivity index (χ2v) is 7.87. The number of amides is 2. The summed E-state index contributed by atoms with van der Waals surface area (Å²) in [5, 5.41) is 3.03. The molecule has 5 heteroatoms. The zero-order valence-corrected chi connectivity index (χ0v) is 15.3. The lowest BCUT2D eigenvalue weighted by atomic mass is 10.0. The Morgan fingerprint density at radius 3 is 2.73 bits per heavy atom. The lowest BCUT2D eigenvalue weighted by Gasteiger charge is -2.23. The van der Waals surface area contributed by atoms with Crippen molar-refractivity contribution in [3.63, 3.8) is 0 Å². The summed E-state index contributed by atoms with van der Waals surface area (Å²) in [6, 6.07) is 6.56. The summed E-state index contributed by atoms with van der Waals surface area (Å²) in [6.07, 6.45) is 7.87. The Kier molecular flexibility index (Phi) is 5.14. The number of carbonyl (C=O) groups excluding carboxylic acids is 2. The van der Waals surface area contributed by atoms with Crippen molar-refractivity contribution in [3.05, 3.63) is 29.3 Å². The number of nitrogens with one attached hydrogen (secondary N) is 1. The van der Waals surface area contributed by atoms with Crippen LogP contribution in [0.15, 0.2) is 18.2 Å². The van der Waals surface area contributed by atoms with Crippen LogP contribution in [-0.2, 0) is 22.6 Å². The fraction of sp³-hybridized carbons (Fsp3) is 0.619. The van der Waals surface area contributed by atoms with E-state index in [0.717, 1.165) is 49.0 Å². The number of ether oxygens (including phenoxy) is 1. The summed E-state index contributed by atoms with van der Waals surface area (Å²) in [5.74, 6) is 1.49. The van der Waals surface area contributed by atoms with Gasteiger partial charge in [0.15, 0.2) is 0 Å². The maximum Gasteiger partial charge on any atom is 0.226 e. The number of fused-ring (bicyclic) bond motifs is 1. The summed E-state index contributed by atoms with van der Waals surface area (Å²) < 4.78 is 5.86. The van der Waals surface area contributed by atoms with Gasteiger partial charge in [-0.05, 0) is 43.7 Å². The van der Waals surface area contributed by atoms with Crippen LogP contribution in [0, 0.1) is 5.92 Å². The molecule has 2 amide bonds. The van der Waals surface area contributed by atoms with E-state index in [1.807, 2.05) is 17.0 Å². The highest BCUT2D eigenvalue weighted by Gasteiger charge is 2.29. The number of hydrogen-bond acceptors (Lipinski definition) is 3. The highest BCUT2D eigenvalue weighted by molar-refractivity contribution is 5.79. The van der Waals surface area contributed by atoms with Gasteiger partial charge in [0.25, 0.3) is 0 Å². The molecule has 1 aliphatic heterocycles. The average Bonchev–Trinajstić information content (AvgIpc) is 3.33. The van der Waals surface area contributed by atoms with Gasteiger partial charge in [0.05, 0.1) is 6.54 Å². The third-order valence-electron chi connectivity index (χ3n) is 5.70. The molecule has 0 saturated heterocycles. The van der Waals surface area contributed by atoms with E-state index in [1.54, 1.807) is 0 Å². The quantitative estimate of drug-likeness (QED) is 0.883. The average molecular weight is 356 g/mol. The molecule has 2 saturated carbocycles. The van der Waals surface area contributed by atoms with Crippen LogP contribution in [0.5, 0.6) is 5.75 Å². The van der Waals surface area contributed by atoms with Crippen LogP contribution < -0.4 is 10.1 Å². The van der Waals surface area contributed by atoms with Crippen molar-refractivity contribution in [2.45, 2.75) is 64.0 Å². The monoisotopic (exact) mass is 356 g/mol. The molecule has 0 atom stereocenters. The minimum absolute atomic E-state index is 0.136. The first kappa shape index (κ1) is 17.4. The van der Waals surface area contributed by atoms with E-state index in [0.29, 0.717) is 32.2 Å². The predicted octanol–water partition coefficient (Wildman–Crippen LogP) is 2.81. The third-order valence-corrected chi connectivity index (χ3v) is 5.70. The number of hydrogen-bond donors (Lipinski definition) is 1.